The summed E-state index contributed by atoms with van der Waals surface area (Å²) in [5.41, 5.74) is 6.00. The molecule has 0 amide bonds. The molecular weight excluding hydrogens is 314 g/mol. The van der Waals surface area contributed by atoms with Crippen molar-refractivity contribution in [2.45, 2.75) is 0 Å². The molecule has 0 spiro atoms. The lowest BCUT2D eigenvalue weighted by Crippen LogP contribution is -2.11. The lowest BCUT2D eigenvalue weighted by molar-refractivity contribution is 0.103. The molecule has 1 aliphatic rings. The Balaban J connectivity index is 1.80. The van der Waals surface area contributed by atoms with Gasteiger partial charge >= 0.3 is 0 Å². The first-order chi connectivity index (χ1) is 11.8. The maximum absolute atomic E-state index is 12.7. The molecule has 24 heavy (non-hydrogen) atoms. The number of fused-ring (bicyclic) bond motifs is 3. The summed E-state index contributed by atoms with van der Waals surface area (Å²) in [6.45, 7) is 0. The average Bonchev–Trinajstić information content (AvgIpc) is 3.26. The Morgan fingerprint density at radius 3 is 2.58 bits per heavy atom. The van der Waals surface area contributed by atoms with Gasteiger partial charge in [0.05, 0.1) is 0 Å². The van der Waals surface area contributed by atoms with Crippen molar-refractivity contribution < 1.29 is 4.79 Å². The molecule has 5 rings (SSSR count). The maximum Gasteiger partial charge on any atom is 0.195 e. The van der Waals surface area contributed by atoms with Gasteiger partial charge in [-0.3, -0.25) is 4.79 Å². The zero-order valence-electron chi connectivity index (χ0n) is 12.7. The SMILES string of the molecule is O=C1c2ccccc2/C(=C/c2c[nH]c3ccccc23)c2sccc21. The van der Waals surface area contributed by atoms with Crippen molar-refractivity contribution in [3.05, 3.63) is 93.3 Å². The third kappa shape index (κ3) is 1.85. The molecular formula is C21H13NOS. The smallest absolute Gasteiger partial charge is 0.195 e. The monoisotopic (exact) mass is 327 g/mol. The number of aromatic amines is 1. The van der Waals surface area contributed by atoms with Crippen molar-refractivity contribution >= 4 is 39.7 Å². The second kappa shape index (κ2) is 5.05. The van der Waals surface area contributed by atoms with Crippen LogP contribution >= 0.6 is 11.3 Å². The van der Waals surface area contributed by atoms with Crippen molar-refractivity contribution in [1.82, 2.24) is 4.98 Å². The first-order valence-electron chi connectivity index (χ1n) is 7.83. The number of hydrogen-bond donors (Lipinski definition) is 1. The summed E-state index contributed by atoms with van der Waals surface area (Å²) in [4.78, 5) is 17.1. The van der Waals surface area contributed by atoms with Crippen molar-refractivity contribution in [2.24, 2.45) is 0 Å². The average molecular weight is 327 g/mol. The highest BCUT2D eigenvalue weighted by Gasteiger charge is 2.27. The van der Waals surface area contributed by atoms with E-state index in [-0.39, 0.29) is 5.78 Å². The van der Waals surface area contributed by atoms with Gasteiger partial charge in [0.2, 0.25) is 0 Å². The number of rotatable bonds is 1. The maximum atomic E-state index is 12.7. The van der Waals surface area contributed by atoms with Gasteiger partial charge in [0.15, 0.2) is 5.78 Å². The van der Waals surface area contributed by atoms with Gasteiger partial charge in [0.25, 0.3) is 0 Å². The topological polar surface area (TPSA) is 32.9 Å². The van der Waals surface area contributed by atoms with Crippen LogP contribution in [-0.2, 0) is 0 Å². The molecule has 0 atom stereocenters. The van der Waals surface area contributed by atoms with Crippen LogP contribution in [0.5, 0.6) is 0 Å². The molecule has 0 bridgehead atoms. The molecule has 0 fully saturated rings. The molecule has 2 nitrogen and oxygen atoms in total. The first kappa shape index (κ1) is 13.5. The fourth-order valence-electron chi connectivity index (χ4n) is 3.39. The number of H-pyrrole nitrogens is 1. The van der Waals surface area contributed by atoms with Crippen LogP contribution in [0.25, 0.3) is 22.6 Å². The van der Waals surface area contributed by atoms with Gasteiger partial charge < -0.3 is 4.98 Å². The molecule has 1 aliphatic carbocycles. The highest BCUT2D eigenvalue weighted by atomic mass is 32.1. The van der Waals surface area contributed by atoms with Crippen LogP contribution in [0, 0.1) is 0 Å². The Bertz CT molecular complexity index is 1130. The Kier molecular flexibility index (Phi) is 2.84. The number of carbonyl (C=O) groups excluding carboxylic acids is 1. The van der Waals surface area contributed by atoms with Gasteiger partial charge in [0.1, 0.15) is 0 Å². The van der Waals surface area contributed by atoms with E-state index in [2.05, 4.69) is 23.2 Å². The molecule has 114 valence electrons. The number of carbonyl (C=O) groups is 1. The van der Waals surface area contributed by atoms with Gasteiger partial charge in [-0.1, -0.05) is 42.5 Å². The zero-order valence-corrected chi connectivity index (χ0v) is 13.6. The van der Waals surface area contributed by atoms with E-state index in [0.29, 0.717) is 0 Å². The Hall–Kier alpha value is -2.91. The fraction of sp³-hybridized carbons (Fsp3) is 0. The molecule has 4 aromatic rings. The summed E-state index contributed by atoms with van der Waals surface area (Å²) in [7, 11) is 0. The second-order valence-corrected chi connectivity index (χ2v) is 6.80. The predicted octanol–water partition coefficient (Wildman–Crippen LogP) is 5.36. The van der Waals surface area contributed by atoms with Gasteiger partial charge in [-0.05, 0) is 29.2 Å². The lowest BCUT2D eigenvalue weighted by Gasteiger charge is -2.18. The lowest BCUT2D eigenvalue weighted by atomic mass is 9.85. The number of thiophene rings is 1. The van der Waals surface area contributed by atoms with E-state index in [1.807, 2.05) is 54.0 Å². The molecule has 0 saturated carbocycles. The molecule has 0 aliphatic heterocycles. The highest BCUT2D eigenvalue weighted by molar-refractivity contribution is 7.11. The minimum absolute atomic E-state index is 0.123. The molecule has 2 heterocycles. The van der Waals surface area contributed by atoms with Crippen molar-refractivity contribution in [1.29, 1.82) is 0 Å². The van der Waals surface area contributed by atoms with Crippen LogP contribution < -0.4 is 0 Å². The summed E-state index contributed by atoms with van der Waals surface area (Å²) in [5, 5.41) is 3.19. The number of benzene rings is 2. The third-order valence-electron chi connectivity index (χ3n) is 4.54. The molecule has 1 N–H and O–H groups in total. The Morgan fingerprint density at radius 1 is 0.875 bits per heavy atom. The number of para-hydroxylation sites is 1. The predicted molar refractivity (Wildman–Crippen MR) is 99.5 cm³/mol. The third-order valence-corrected chi connectivity index (χ3v) is 5.49. The van der Waals surface area contributed by atoms with Gasteiger partial charge in [-0.15, -0.1) is 11.3 Å². The molecule has 0 unspecified atom stereocenters. The molecule has 2 aromatic carbocycles. The second-order valence-electron chi connectivity index (χ2n) is 5.89. The Labute approximate surface area is 143 Å². The van der Waals surface area contributed by atoms with Gasteiger partial charge in [-0.2, -0.15) is 0 Å². The van der Waals surface area contributed by atoms with E-state index >= 15 is 0 Å². The Morgan fingerprint density at radius 2 is 1.67 bits per heavy atom. The highest BCUT2D eigenvalue weighted by Crippen LogP contribution is 2.40. The van der Waals surface area contributed by atoms with E-state index in [4.69, 9.17) is 0 Å². The van der Waals surface area contributed by atoms with Crippen molar-refractivity contribution in [2.75, 3.05) is 0 Å². The van der Waals surface area contributed by atoms with Crippen LogP contribution in [0.3, 0.4) is 0 Å². The molecule has 2 aromatic heterocycles. The van der Waals surface area contributed by atoms with E-state index in [9.17, 15) is 4.79 Å². The standard InChI is InChI=1S/C21H13NOS/c23-20-16-7-2-1-6-15(16)18(21-17(20)9-10-24-21)11-13-12-22-19-8-4-3-5-14(13)19/h1-12,22H/b18-11-. The van der Waals surface area contributed by atoms with Crippen LogP contribution in [0.4, 0.5) is 0 Å². The number of nitrogens with one attached hydrogen (secondary N) is 1. The summed E-state index contributed by atoms with van der Waals surface area (Å²) in [6, 6.07) is 18.1. The first-order valence-corrected chi connectivity index (χ1v) is 8.71. The summed E-state index contributed by atoms with van der Waals surface area (Å²) in [5.74, 6) is 0.123. The summed E-state index contributed by atoms with van der Waals surface area (Å²) < 4.78 is 0. The van der Waals surface area contributed by atoms with Gasteiger partial charge in [0, 0.05) is 44.2 Å². The van der Waals surface area contributed by atoms with Crippen LogP contribution in [0.1, 0.15) is 31.9 Å². The number of aromatic nitrogens is 1. The van der Waals surface area contributed by atoms with Crippen LogP contribution in [-0.4, -0.2) is 10.8 Å². The van der Waals surface area contributed by atoms with Gasteiger partial charge in [-0.25, -0.2) is 0 Å². The number of hydrogen-bond acceptors (Lipinski definition) is 2. The van der Waals surface area contributed by atoms with Crippen LogP contribution in [0.2, 0.25) is 0 Å². The van der Waals surface area contributed by atoms with Crippen LogP contribution in [0.15, 0.2) is 66.2 Å². The van der Waals surface area contributed by atoms with E-state index in [1.54, 1.807) is 11.3 Å². The van der Waals surface area contributed by atoms with Crippen molar-refractivity contribution in [3.63, 3.8) is 0 Å². The van der Waals surface area contributed by atoms with Crippen molar-refractivity contribution in [3.8, 4) is 0 Å². The molecule has 0 saturated heterocycles. The fourth-order valence-corrected chi connectivity index (χ4v) is 4.32. The molecule has 3 heteroatoms. The molecule has 0 radical (unpaired) electrons. The zero-order chi connectivity index (χ0) is 16.1. The summed E-state index contributed by atoms with van der Waals surface area (Å²) in [6.07, 6.45) is 4.23. The van der Waals surface area contributed by atoms with E-state index in [0.717, 1.165) is 38.2 Å². The normalized spacial score (nSPS) is 14.8. The van der Waals surface area contributed by atoms with E-state index in [1.165, 1.54) is 5.39 Å². The van der Waals surface area contributed by atoms with E-state index < -0.39 is 0 Å². The minimum Gasteiger partial charge on any atom is -0.361 e. The quantitative estimate of drug-likeness (QED) is 0.441. The minimum atomic E-state index is 0.123. The largest absolute Gasteiger partial charge is 0.361 e. The number of ketones is 1. The summed E-state index contributed by atoms with van der Waals surface area (Å²) >= 11 is 1.63.